The molecule has 6 nitrogen and oxygen atoms in total. The zero-order valence-corrected chi connectivity index (χ0v) is 13.5. The molecule has 3 fully saturated rings. The number of ether oxygens (including phenoxy) is 2. The lowest BCUT2D eigenvalue weighted by Gasteiger charge is -2.59. The van der Waals surface area contributed by atoms with Crippen LogP contribution in [0.25, 0.3) is 0 Å². The van der Waals surface area contributed by atoms with Crippen molar-refractivity contribution in [1.82, 2.24) is 9.80 Å². The highest BCUT2D eigenvalue weighted by atomic mass is 16.5. The first kappa shape index (κ1) is 15.7. The Hall–Kier alpha value is -1.14. The number of carbonyl (C=O) groups is 2. The fourth-order valence-electron chi connectivity index (χ4n) is 3.77. The van der Waals surface area contributed by atoms with Crippen molar-refractivity contribution in [3.8, 4) is 0 Å². The third-order valence-electron chi connectivity index (χ3n) is 5.30. The molecular weight excluding hydrogens is 284 g/mol. The lowest BCUT2D eigenvalue weighted by molar-refractivity contribution is -0.199. The smallest absolute Gasteiger partial charge is 0.254 e. The number of carbonyl (C=O) groups excluding carboxylic acids is 2. The molecule has 1 spiro atoms. The van der Waals surface area contributed by atoms with E-state index in [1.807, 2.05) is 16.7 Å². The van der Waals surface area contributed by atoms with Gasteiger partial charge in [0.25, 0.3) is 5.91 Å². The maximum absolute atomic E-state index is 12.3. The zero-order chi connectivity index (χ0) is 15.7. The normalized spacial score (nSPS) is 27.2. The third-order valence-corrected chi connectivity index (χ3v) is 5.30. The molecule has 0 aromatic carbocycles. The quantitative estimate of drug-likeness (QED) is 0.676. The number of nitrogens with zero attached hydrogens (tertiary/aromatic N) is 2. The Bertz CT molecular complexity index is 441. The minimum absolute atomic E-state index is 0.0464. The summed E-state index contributed by atoms with van der Waals surface area (Å²) in [5, 5.41) is 0. The SMILES string of the molecule is CCOCC(=O)N1CCC2(CC1)C(OC)C(=O)N2CC1CC1. The number of piperidine rings is 1. The topological polar surface area (TPSA) is 59.1 Å². The number of hydrogen-bond donors (Lipinski definition) is 0. The van der Waals surface area contributed by atoms with Gasteiger partial charge < -0.3 is 19.3 Å². The standard InChI is InChI=1S/C16H26N2O4/c1-3-22-11-13(19)17-8-6-16(7-9-17)14(21-2)15(20)18(16)10-12-4-5-12/h12,14H,3-11H2,1-2H3. The predicted octanol–water partition coefficient (Wildman–Crippen LogP) is 0.651. The number of β-lactam (4-membered cyclic amide) rings is 1. The van der Waals surface area contributed by atoms with Crippen molar-refractivity contribution in [1.29, 1.82) is 0 Å². The molecule has 0 radical (unpaired) electrons. The summed E-state index contributed by atoms with van der Waals surface area (Å²) in [6, 6.07) is 0. The highest BCUT2D eigenvalue weighted by molar-refractivity contribution is 5.90. The van der Waals surface area contributed by atoms with Gasteiger partial charge in [-0.25, -0.2) is 0 Å². The largest absolute Gasteiger partial charge is 0.372 e. The Morgan fingerprint density at radius 2 is 2.00 bits per heavy atom. The molecule has 0 aromatic heterocycles. The van der Waals surface area contributed by atoms with E-state index in [1.54, 1.807) is 7.11 Å². The number of methoxy groups -OCH3 is 1. The summed E-state index contributed by atoms with van der Waals surface area (Å²) < 4.78 is 10.7. The van der Waals surface area contributed by atoms with Gasteiger partial charge in [0.2, 0.25) is 5.91 Å². The molecule has 6 heteroatoms. The van der Waals surface area contributed by atoms with Gasteiger partial charge >= 0.3 is 0 Å². The summed E-state index contributed by atoms with van der Waals surface area (Å²) in [7, 11) is 1.62. The number of likely N-dealkylation sites (tertiary alicyclic amines) is 2. The van der Waals surface area contributed by atoms with Crippen LogP contribution >= 0.6 is 0 Å². The van der Waals surface area contributed by atoms with E-state index >= 15 is 0 Å². The van der Waals surface area contributed by atoms with Crippen LogP contribution in [-0.4, -0.2) is 73.2 Å². The monoisotopic (exact) mass is 310 g/mol. The molecule has 3 aliphatic rings. The van der Waals surface area contributed by atoms with Gasteiger partial charge in [-0.2, -0.15) is 0 Å². The molecule has 1 aliphatic carbocycles. The van der Waals surface area contributed by atoms with E-state index in [-0.39, 0.29) is 30.1 Å². The molecule has 124 valence electrons. The second-order valence-corrected chi connectivity index (χ2v) is 6.63. The second-order valence-electron chi connectivity index (χ2n) is 6.63. The summed E-state index contributed by atoms with van der Waals surface area (Å²) in [6.45, 7) is 4.82. The zero-order valence-electron chi connectivity index (χ0n) is 13.5. The van der Waals surface area contributed by atoms with E-state index in [1.165, 1.54) is 12.8 Å². The predicted molar refractivity (Wildman–Crippen MR) is 80.3 cm³/mol. The fourth-order valence-corrected chi connectivity index (χ4v) is 3.77. The van der Waals surface area contributed by atoms with Crippen LogP contribution in [0.15, 0.2) is 0 Å². The van der Waals surface area contributed by atoms with Gasteiger partial charge in [-0.3, -0.25) is 9.59 Å². The van der Waals surface area contributed by atoms with Crippen LogP contribution in [-0.2, 0) is 19.1 Å². The van der Waals surface area contributed by atoms with Crippen molar-refractivity contribution in [2.75, 3.05) is 40.0 Å². The molecule has 1 unspecified atom stereocenters. The van der Waals surface area contributed by atoms with E-state index in [0.717, 1.165) is 19.4 Å². The van der Waals surface area contributed by atoms with Crippen LogP contribution in [0.3, 0.4) is 0 Å². The van der Waals surface area contributed by atoms with Crippen molar-refractivity contribution in [2.45, 2.75) is 44.2 Å². The molecule has 0 bridgehead atoms. The highest BCUT2D eigenvalue weighted by Gasteiger charge is 2.61. The van der Waals surface area contributed by atoms with Crippen molar-refractivity contribution < 1.29 is 19.1 Å². The summed E-state index contributed by atoms with van der Waals surface area (Å²) in [5.74, 6) is 0.852. The van der Waals surface area contributed by atoms with Crippen LogP contribution in [0.4, 0.5) is 0 Å². The Labute approximate surface area is 131 Å². The van der Waals surface area contributed by atoms with Crippen LogP contribution in [0.1, 0.15) is 32.6 Å². The molecule has 22 heavy (non-hydrogen) atoms. The van der Waals surface area contributed by atoms with Crippen LogP contribution in [0.5, 0.6) is 0 Å². The fraction of sp³-hybridized carbons (Fsp3) is 0.875. The van der Waals surface area contributed by atoms with Crippen LogP contribution < -0.4 is 0 Å². The van der Waals surface area contributed by atoms with Gasteiger partial charge in [0.05, 0.1) is 5.54 Å². The van der Waals surface area contributed by atoms with E-state index in [0.29, 0.717) is 25.6 Å². The molecule has 0 N–H and O–H groups in total. The highest BCUT2D eigenvalue weighted by Crippen LogP contribution is 2.45. The van der Waals surface area contributed by atoms with Crippen LogP contribution in [0, 0.1) is 5.92 Å². The van der Waals surface area contributed by atoms with Crippen molar-refractivity contribution in [3.05, 3.63) is 0 Å². The summed E-state index contributed by atoms with van der Waals surface area (Å²) in [5.41, 5.74) is -0.184. The van der Waals surface area contributed by atoms with E-state index in [2.05, 4.69) is 0 Å². The first-order valence-electron chi connectivity index (χ1n) is 8.32. The Kier molecular flexibility index (Phi) is 4.41. The van der Waals surface area contributed by atoms with Gasteiger partial charge in [-0.05, 0) is 38.5 Å². The van der Waals surface area contributed by atoms with Crippen LogP contribution in [0.2, 0.25) is 0 Å². The Morgan fingerprint density at radius 3 is 2.55 bits per heavy atom. The minimum Gasteiger partial charge on any atom is -0.372 e. The Morgan fingerprint density at radius 1 is 1.32 bits per heavy atom. The van der Waals surface area contributed by atoms with Gasteiger partial charge in [-0.15, -0.1) is 0 Å². The second kappa shape index (κ2) is 6.16. The number of rotatable bonds is 6. The summed E-state index contributed by atoms with van der Waals surface area (Å²) >= 11 is 0. The van der Waals surface area contributed by atoms with E-state index in [4.69, 9.17) is 9.47 Å². The van der Waals surface area contributed by atoms with Gasteiger partial charge in [0, 0.05) is 33.4 Å². The maximum Gasteiger partial charge on any atom is 0.254 e. The minimum atomic E-state index is -0.324. The van der Waals surface area contributed by atoms with Gasteiger partial charge in [0.1, 0.15) is 6.61 Å². The molecule has 2 amide bonds. The van der Waals surface area contributed by atoms with E-state index < -0.39 is 0 Å². The number of hydrogen-bond acceptors (Lipinski definition) is 4. The van der Waals surface area contributed by atoms with Crippen molar-refractivity contribution in [3.63, 3.8) is 0 Å². The third kappa shape index (κ3) is 2.63. The first-order valence-corrected chi connectivity index (χ1v) is 8.32. The van der Waals surface area contributed by atoms with E-state index in [9.17, 15) is 9.59 Å². The maximum atomic E-state index is 12.3. The summed E-state index contributed by atoms with van der Waals surface area (Å²) in [6.07, 6.45) is 3.76. The molecular formula is C16H26N2O4. The van der Waals surface area contributed by atoms with Crippen molar-refractivity contribution in [2.24, 2.45) is 5.92 Å². The molecule has 2 heterocycles. The molecule has 2 saturated heterocycles. The molecule has 0 aromatic rings. The van der Waals surface area contributed by atoms with Gasteiger partial charge in [-0.1, -0.05) is 0 Å². The van der Waals surface area contributed by atoms with Crippen molar-refractivity contribution >= 4 is 11.8 Å². The number of amides is 2. The Balaban J connectivity index is 1.61. The van der Waals surface area contributed by atoms with Gasteiger partial charge in [0.15, 0.2) is 6.10 Å². The molecule has 1 saturated carbocycles. The lowest BCUT2D eigenvalue weighted by Crippen LogP contribution is -2.77. The molecule has 3 rings (SSSR count). The average Bonchev–Trinajstić information content (AvgIpc) is 3.35. The lowest BCUT2D eigenvalue weighted by atomic mass is 9.73. The average molecular weight is 310 g/mol. The summed E-state index contributed by atoms with van der Waals surface area (Å²) in [4.78, 5) is 28.2. The first-order chi connectivity index (χ1) is 10.6. The molecule has 2 aliphatic heterocycles. The molecule has 1 atom stereocenters.